The second-order valence-electron chi connectivity index (χ2n) is 7.39. The molecule has 1 nitrogen and oxygen atoms in total. The summed E-state index contributed by atoms with van der Waals surface area (Å²) in [5.74, 6) is 0. The summed E-state index contributed by atoms with van der Waals surface area (Å²) in [6.45, 7) is 7.83. The summed E-state index contributed by atoms with van der Waals surface area (Å²) in [5.41, 5.74) is 4.07. The molecule has 1 spiro atoms. The van der Waals surface area contributed by atoms with Crippen molar-refractivity contribution in [1.82, 2.24) is 5.32 Å². The third kappa shape index (κ3) is 2.33. The van der Waals surface area contributed by atoms with Gasteiger partial charge in [-0.2, -0.15) is 0 Å². The largest absolute Gasteiger partial charge is 0.314 e. The lowest BCUT2D eigenvalue weighted by atomic mass is 9.43. The molecule has 1 aromatic carbocycles. The number of benzene rings is 1. The molecule has 1 heteroatoms. The molecule has 0 aliphatic heterocycles. The van der Waals surface area contributed by atoms with Crippen molar-refractivity contribution >= 4 is 0 Å². The van der Waals surface area contributed by atoms with Gasteiger partial charge in [0.15, 0.2) is 0 Å². The van der Waals surface area contributed by atoms with E-state index in [1.165, 1.54) is 37.7 Å². The lowest BCUT2D eigenvalue weighted by Crippen LogP contribution is -2.57. The molecule has 2 aliphatic rings. The van der Waals surface area contributed by atoms with E-state index in [1.54, 1.807) is 5.56 Å². The molecule has 0 bridgehead atoms. The Balaban J connectivity index is 1.79. The van der Waals surface area contributed by atoms with Gasteiger partial charge in [0.1, 0.15) is 0 Å². The number of nitrogens with one attached hydrogen (secondary N) is 1. The van der Waals surface area contributed by atoms with Crippen LogP contribution in [0.15, 0.2) is 24.3 Å². The monoisotopic (exact) mass is 257 g/mol. The van der Waals surface area contributed by atoms with Gasteiger partial charge >= 0.3 is 0 Å². The average molecular weight is 257 g/mol. The highest BCUT2D eigenvalue weighted by Gasteiger charge is 2.57. The van der Waals surface area contributed by atoms with Crippen LogP contribution in [0.1, 0.15) is 57.1 Å². The van der Waals surface area contributed by atoms with Crippen LogP contribution in [0.25, 0.3) is 0 Å². The maximum absolute atomic E-state index is 3.69. The van der Waals surface area contributed by atoms with Gasteiger partial charge in [0.25, 0.3) is 0 Å². The lowest BCUT2D eigenvalue weighted by molar-refractivity contribution is -0.0489. The summed E-state index contributed by atoms with van der Waals surface area (Å²) in [5, 5.41) is 3.69. The Morgan fingerprint density at radius 1 is 1.11 bits per heavy atom. The molecule has 104 valence electrons. The van der Waals surface area contributed by atoms with E-state index in [1.807, 2.05) is 0 Å². The van der Waals surface area contributed by atoms with Crippen molar-refractivity contribution < 1.29 is 0 Å². The van der Waals surface area contributed by atoms with Gasteiger partial charge in [0.2, 0.25) is 0 Å². The molecule has 1 aromatic rings. The lowest BCUT2D eigenvalue weighted by Gasteiger charge is -2.62. The number of hydrogen-bond acceptors (Lipinski definition) is 1. The maximum atomic E-state index is 3.69. The van der Waals surface area contributed by atoms with Crippen molar-refractivity contribution in [3.8, 4) is 0 Å². The molecule has 0 amide bonds. The predicted molar refractivity (Wildman–Crippen MR) is 81.5 cm³/mol. The molecule has 0 unspecified atom stereocenters. The zero-order valence-electron chi connectivity index (χ0n) is 12.6. The van der Waals surface area contributed by atoms with Gasteiger partial charge in [-0.3, -0.25) is 0 Å². The standard InChI is InChI=1S/C18H27N/c1-14(2)19-13-18(11-17(12-18)9-4-10-17)16-7-5-15(3)6-8-16/h5-8,14,19H,4,9-13H2,1-3H3. The van der Waals surface area contributed by atoms with Gasteiger partial charge in [-0.15, -0.1) is 0 Å². The minimum absolute atomic E-state index is 0.415. The molecular weight excluding hydrogens is 230 g/mol. The molecule has 2 saturated carbocycles. The van der Waals surface area contributed by atoms with Crippen molar-refractivity contribution in [2.75, 3.05) is 6.54 Å². The summed E-state index contributed by atoms with van der Waals surface area (Å²) in [6, 6.07) is 9.86. The van der Waals surface area contributed by atoms with Crippen LogP contribution in [0.2, 0.25) is 0 Å². The summed E-state index contributed by atoms with van der Waals surface area (Å²) in [4.78, 5) is 0. The molecule has 0 radical (unpaired) electrons. The fourth-order valence-corrected chi connectivity index (χ4v) is 4.15. The van der Waals surface area contributed by atoms with Gasteiger partial charge in [-0.1, -0.05) is 50.1 Å². The normalized spacial score (nSPS) is 23.2. The first-order valence-electron chi connectivity index (χ1n) is 7.84. The van der Waals surface area contributed by atoms with E-state index >= 15 is 0 Å². The Labute approximate surface area is 117 Å². The summed E-state index contributed by atoms with van der Waals surface area (Å²) in [6.07, 6.45) is 7.22. The second-order valence-corrected chi connectivity index (χ2v) is 7.39. The number of rotatable bonds is 4. The molecule has 0 atom stereocenters. The minimum Gasteiger partial charge on any atom is -0.314 e. The van der Waals surface area contributed by atoms with E-state index in [-0.39, 0.29) is 0 Å². The Morgan fingerprint density at radius 3 is 2.21 bits per heavy atom. The molecule has 2 aliphatic carbocycles. The van der Waals surface area contributed by atoms with E-state index in [2.05, 4.69) is 50.4 Å². The first kappa shape index (κ1) is 13.2. The summed E-state index contributed by atoms with van der Waals surface area (Å²) >= 11 is 0. The third-order valence-electron chi connectivity index (χ3n) is 5.35. The van der Waals surface area contributed by atoms with Gasteiger partial charge < -0.3 is 5.32 Å². The second kappa shape index (κ2) is 4.63. The molecule has 3 rings (SSSR count). The van der Waals surface area contributed by atoms with Crippen LogP contribution >= 0.6 is 0 Å². The van der Waals surface area contributed by atoms with E-state index in [4.69, 9.17) is 0 Å². The van der Waals surface area contributed by atoms with E-state index in [9.17, 15) is 0 Å². The summed E-state index contributed by atoms with van der Waals surface area (Å²) < 4.78 is 0. The molecule has 19 heavy (non-hydrogen) atoms. The first-order chi connectivity index (χ1) is 9.04. The first-order valence-corrected chi connectivity index (χ1v) is 7.84. The van der Waals surface area contributed by atoms with Gasteiger partial charge in [-0.05, 0) is 43.6 Å². The van der Waals surface area contributed by atoms with E-state index in [0.29, 0.717) is 11.5 Å². The Morgan fingerprint density at radius 2 is 1.74 bits per heavy atom. The molecule has 0 aromatic heterocycles. The topological polar surface area (TPSA) is 12.0 Å². The van der Waals surface area contributed by atoms with Crippen LogP contribution in [0.4, 0.5) is 0 Å². The van der Waals surface area contributed by atoms with E-state index < -0.39 is 0 Å². The minimum atomic E-state index is 0.415. The zero-order valence-corrected chi connectivity index (χ0v) is 12.6. The van der Waals surface area contributed by atoms with Crippen molar-refractivity contribution in [3.63, 3.8) is 0 Å². The van der Waals surface area contributed by atoms with Crippen molar-refractivity contribution in [2.24, 2.45) is 5.41 Å². The van der Waals surface area contributed by atoms with Crippen molar-refractivity contribution in [1.29, 1.82) is 0 Å². The third-order valence-corrected chi connectivity index (χ3v) is 5.35. The van der Waals surface area contributed by atoms with Gasteiger partial charge in [0, 0.05) is 18.0 Å². The molecular formula is C18H27N. The predicted octanol–water partition coefficient (Wildman–Crippen LogP) is 4.19. The Bertz CT molecular complexity index is 431. The van der Waals surface area contributed by atoms with Crippen LogP contribution < -0.4 is 5.32 Å². The smallest absolute Gasteiger partial charge is 0.00884 e. The van der Waals surface area contributed by atoms with Crippen LogP contribution in [-0.2, 0) is 5.41 Å². The molecule has 0 heterocycles. The van der Waals surface area contributed by atoms with Crippen LogP contribution in [0.5, 0.6) is 0 Å². The average Bonchev–Trinajstić information content (AvgIpc) is 2.27. The Kier molecular flexibility index (Phi) is 3.21. The fourth-order valence-electron chi connectivity index (χ4n) is 4.15. The maximum Gasteiger partial charge on any atom is 0.00884 e. The van der Waals surface area contributed by atoms with Crippen LogP contribution in [0.3, 0.4) is 0 Å². The highest BCUT2D eigenvalue weighted by atomic mass is 14.9. The zero-order chi connectivity index (χ0) is 13.5. The summed E-state index contributed by atoms with van der Waals surface area (Å²) in [7, 11) is 0. The quantitative estimate of drug-likeness (QED) is 0.852. The fraction of sp³-hybridized carbons (Fsp3) is 0.667. The van der Waals surface area contributed by atoms with Gasteiger partial charge in [0.05, 0.1) is 0 Å². The Hall–Kier alpha value is -0.820. The van der Waals surface area contributed by atoms with Crippen LogP contribution in [-0.4, -0.2) is 12.6 Å². The highest BCUT2D eigenvalue weighted by molar-refractivity contribution is 5.34. The number of aryl methyl sites for hydroxylation is 1. The highest BCUT2D eigenvalue weighted by Crippen LogP contribution is 2.64. The van der Waals surface area contributed by atoms with Crippen LogP contribution in [0, 0.1) is 12.3 Å². The SMILES string of the molecule is Cc1ccc(C2(CNC(C)C)CC3(CCC3)C2)cc1. The molecule has 1 N–H and O–H groups in total. The van der Waals surface area contributed by atoms with Crippen molar-refractivity contribution in [3.05, 3.63) is 35.4 Å². The van der Waals surface area contributed by atoms with Gasteiger partial charge in [-0.25, -0.2) is 0 Å². The van der Waals surface area contributed by atoms with Crippen molar-refractivity contribution in [2.45, 2.75) is 64.3 Å². The molecule has 0 saturated heterocycles. The molecule has 2 fully saturated rings. The van der Waals surface area contributed by atoms with E-state index in [0.717, 1.165) is 12.0 Å². The number of hydrogen-bond donors (Lipinski definition) is 1.